The zero-order chi connectivity index (χ0) is 26.1. The minimum Gasteiger partial charge on any atom is -0.480 e. The van der Waals surface area contributed by atoms with Crippen LogP contribution >= 0.6 is 0 Å². The molecule has 0 radical (unpaired) electrons. The number of carbonyl (C=O) groups is 4. The van der Waals surface area contributed by atoms with Crippen LogP contribution < -0.4 is 16.4 Å². The second-order valence-electron chi connectivity index (χ2n) is 10.2. The molecule has 4 atom stereocenters. The molecular formula is C26H40N4O5. The van der Waals surface area contributed by atoms with Crippen molar-refractivity contribution in [3.63, 3.8) is 0 Å². The van der Waals surface area contributed by atoms with E-state index in [1.807, 2.05) is 58.0 Å². The van der Waals surface area contributed by atoms with E-state index in [4.69, 9.17) is 5.73 Å². The van der Waals surface area contributed by atoms with Gasteiger partial charge in [-0.15, -0.1) is 0 Å². The first-order valence-corrected chi connectivity index (χ1v) is 12.4. The summed E-state index contributed by atoms with van der Waals surface area (Å²) in [5.74, 6) is -2.05. The number of aliphatic carboxylic acids is 1. The number of likely N-dealkylation sites (tertiary alicyclic amines) is 1. The number of benzene rings is 1. The highest BCUT2D eigenvalue weighted by Crippen LogP contribution is 2.21. The lowest BCUT2D eigenvalue weighted by molar-refractivity contribution is -0.145. The van der Waals surface area contributed by atoms with Crippen molar-refractivity contribution in [2.45, 2.75) is 84.0 Å². The summed E-state index contributed by atoms with van der Waals surface area (Å²) in [6.07, 6.45) is 2.09. The van der Waals surface area contributed by atoms with Gasteiger partial charge < -0.3 is 26.4 Å². The molecule has 1 aliphatic rings. The Kier molecular flexibility index (Phi) is 10.7. The van der Waals surface area contributed by atoms with Crippen molar-refractivity contribution >= 4 is 23.7 Å². The summed E-state index contributed by atoms with van der Waals surface area (Å²) < 4.78 is 0. The maximum Gasteiger partial charge on any atom is 0.326 e. The Bertz CT molecular complexity index is 874. The summed E-state index contributed by atoms with van der Waals surface area (Å²) in [6, 6.07) is 5.90. The standard InChI is InChI=1S/C26H40N4O5/c1-16(2)13-19(27)23(31)28-20(15-18-9-6-5-7-10-18)25(33)30-12-8-11-22(30)24(32)29-21(26(34)35)14-17(3)4/h5-7,9-10,16-17,19-22H,8,11-15,27H2,1-4H3,(H,28,31)(H,29,32)(H,34,35). The molecule has 2 rings (SSSR count). The Balaban J connectivity index is 2.20. The normalized spacial score (nSPS) is 18.3. The van der Waals surface area contributed by atoms with Crippen LogP contribution in [-0.4, -0.2) is 64.4 Å². The Morgan fingerprint density at radius 3 is 2.20 bits per heavy atom. The van der Waals surface area contributed by atoms with Gasteiger partial charge in [0.05, 0.1) is 6.04 Å². The molecule has 194 valence electrons. The zero-order valence-electron chi connectivity index (χ0n) is 21.2. The van der Waals surface area contributed by atoms with Gasteiger partial charge in [0.25, 0.3) is 0 Å². The highest BCUT2D eigenvalue weighted by Gasteiger charge is 2.39. The monoisotopic (exact) mass is 488 g/mol. The molecule has 5 N–H and O–H groups in total. The van der Waals surface area contributed by atoms with Gasteiger partial charge in [-0.3, -0.25) is 14.4 Å². The molecule has 1 fully saturated rings. The maximum atomic E-state index is 13.6. The van der Waals surface area contributed by atoms with Crippen LogP contribution in [-0.2, 0) is 25.6 Å². The van der Waals surface area contributed by atoms with Gasteiger partial charge in [-0.1, -0.05) is 58.0 Å². The third-order valence-corrected chi connectivity index (χ3v) is 6.12. The summed E-state index contributed by atoms with van der Waals surface area (Å²) in [6.45, 7) is 8.06. The highest BCUT2D eigenvalue weighted by atomic mass is 16.4. The minimum atomic E-state index is -1.10. The van der Waals surface area contributed by atoms with Gasteiger partial charge in [-0.05, 0) is 43.1 Å². The lowest BCUT2D eigenvalue weighted by Gasteiger charge is -2.30. The number of hydrogen-bond donors (Lipinski definition) is 4. The molecule has 0 bridgehead atoms. The third kappa shape index (κ3) is 8.65. The van der Waals surface area contributed by atoms with Crippen LogP contribution in [0.25, 0.3) is 0 Å². The van der Waals surface area contributed by atoms with Gasteiger partial charge in [0, 0.05) is 13.0 Å². The molecule has 35 heavy (non-hydrogen) atoms. The Morgan fingerprint density at radius 1 is 1.00 bits per heavy atom. The number of carboxylic acids is 1. The number of carboxylic acid groups (broad SMARTS) is 1. The van der Waals surface area contributed by atoms with E-state index < -0.39 is 42.0 Å². The van der Waals surface area contributed by atoms with E-state index in [0.717, 1.165) is 5.56 Å². The van der Waals surface area contributed by atoms with Crippen molar-refractivity contribution in [3.8, 4) is 0 Å². The summed E-state index contributed by atoms with van der Waals surface area (Å²) in [7, 11) is 0. The molecule has 1 saturated heterocycles. The van der Waals surface area contributed by atoms with Gasteiger partial charge in [0.15, 0.2) is 0 Å². The first-order valence-electron chi connectivity index (χ1n) is 12.4. The number of amides is 3. The number of carbonyl (C=O) groups excluding carboxylic acids is 3. The van der Waals surface area contributed by atoms with Crippen molar-refractivity contribution in [1.29, 1.82) is 0 Å². The van der Waals surface area contributed by atoms with Gasteiger partial charge >= 0.3 is 5.97 Å². The fraction of sp³-hybridized carbons (Fsp3) is 0.615. The molecule has 1 heterocycles. The molecule has 9 nitrogen and oxygen atoms in total. The predicted molar refractivity (Wildman–Crippen MR) is 133 cm³/mol. The first kappa shape index (κ1) is 28.3. The van der Waals surface area contributed by atoms with E-state index in [2.05, 4.69) is 10.6 Å². The third-order valence-electron chi connectivity index (χ3n) is 6.12. The van der Waals surface area contributed by atoms with Crippen LogP contribution in [0, 0.1) is 11.8 Å². The number of nitrogens with zero attached hydrogens (tertiary/aromatic N) is 1. The van der Waals surface area contributed by atoms with Gasteiger partial charge in [-0.25, -0.2) is 4.79 Å². The van der Waals surface area contributed by atoms with Crippen molar-refractivity contribution in [2.24, 2.45) is 17.6 Å². The van der Waals surface area contributed by atoms with Crippen molar-refractivity contribution in [1.82, 2.24) is 15.5 Å². The maximum absolute atomic E-state index is 13.6. The second kappa shape index (κ2) is 13.2. The highest BCUT2D eigenvalue weighted by molar-refractivity contribution is 5.94. The number of rotatable bonds is 12. The van der Waals surface area contributed by atoms with Crippen LogP contribution in [0.1, 0.15) is 58.9 Å². The fourth-order valence-corrected chi connectivity index (χ4v) is 4.41. The number of nitrogens with two attached hydrogens (primary N) is 1. The lowest BCUT2D eigenvalue weighted by atomic mass is 10.0. The molecule has 1 aromatic rings. The Morgan fingerprint density at radius 2 is 1.63 bits per heavy atom. The smallest absolute Gasteiger partial charge is 0.326 e. The second-order valence-corrected chi connectivity index (χ2v) is 10.2. The van der Waals surface area contributed by atoms with Crippen molar-refractivity contribution < 1.29 is 24.3 Å². The van der Waals surface area contributed by atoms with Crippen LogP contribution in [0.3, 0.4) is 0 Å². The molecule has 4 unspecified atom stereocenters. The zero-order valence-corrected chi connectivity index (χ0v) is 21.2. The van der Waals surface area contributed by atoms with Crippen LogP contribution in [0.5, 0.6) is 0 Å². The average Bonchev–Trinajstić information content (AvgIpc) is 3.27. The van der Waals surface area contributed by atoms with Crippen LogP contribution in [0.4, 0.5) is 0 Å². The van der Waals surface area contributed by atoms with Crippen molar-refractivity contribution in [2.75, 3.05) is 6.54 Å². The van der Waals surface area contributed by atoms with E-state index in [-0.39, 0.29) is 24.2 Å². The summed E-state index contributed by atoms with van der Waals surface area (Å²) in [5.41, 5.74) is 6.92. The van der Waals surface area contributed by atoms with Crippen LogP contribution in [0.15, 0.2) is 30.3 Å². The van der Waals surface area contributed by atoms with E-state index in [1.54, 1.807) is 0 Å². The molecule has 0 spiro atoms. The Labute approximate surface area is 207 Å². The quantitative estimate of drug-likeness (QED) is 0.353. The van der Waals surface area contributed by atoms with Gasteiger partial charge in [0.1, 0.15) is 18.1 Å². The topological polar surface area (TPSA) is 142 Å². The van der Waals surface area contributed by atoms with Crippen LogP contribution in [0.2, 0.25) is 0 Å². The molecule has 1 aliphatic heterocycles. The predicted octanol–water partition coefficient (Wildman–Crippen LogP) is 1.69. The molecule has 9 heteroatoms. The minimum absolute atomic E-state index is 0.0817. The summed E-state index contributed by atoms with van der Waals surface area (Å²) >= 11 is 0. The molecule has 0 aliphatic carbocycles. The van der Waals surface area contributed by atoms with E-state index in [0.29, 0.717) is 32.2 Å². The molecule has 1 aromatic carbocycles. The van der Waals surface area contributed by atoms with E-state index in [1.165, 1.54) is 4.90 Å². The first-order chi connectivity index (χ1) is 16.5. The Hall–Kier alpha value is -2.94. The van der Waals surface area contributed by atoms with Gasteiger partial charge in [0.2, 0.25) is 17.7 Å². The van der Waals surface area contributed by atoms with Crippen molar-refractivity contribution in [3.05, 3.63) is 35.9 Å². The summed E-state index contributed by atoms with van der Waals surface area (Å²) in [5, 5.41) is 14.9. The SMILES string of the molecule is CC(C)CC(N)C(=O)NC(Cc1ccccc1)C(=O)N1CCCC1C(=O)NC(CC(C)C)C(=O)O. The number of nitrogens with one attached hydrogen (secondary N) is 2. The number of hydrogen-bond acceptors (Lipinski definition) is 5. The average molecular weight is 489 g/mol. The fourth-order valence-electron chi connectivity index (χ4n) is 4.41. The largest absolute Gasteiger partial charge is 0.480 e. The summed E-state index contributed by atoms with van der Waals surface area (Å²) in [4.78, 5) is 52.5. The molecule has 0 aromatic heterocycles. The molecule has 3 amide bonds. The molecule has 0 saturated carbocycles. The van der Waals surface area contributed by atoms with E-state index >= 15 is 0 Å². The molecular weight excluding hydrogens is 448 g/mol. The van der Waals surface area contributed by atoms with Gasteiger partial charge in [-0.2, -0.15) is 0 Å². The van der Waals surface area contributed by atoms with E-state index in [9.17, 15) is 24.3 Å². The lowest BCUT2D eigenvalue weighted by Crippen LogP contribution is -2.57.